The Kier molecular flexibility index (Phi) is 3.66. The molecule has 0 bridgehead atoms. The quantitative estimate of drug-likeness (QED) is 0.824. The van der Waals surface area contributed by atoms with E-state index in [9.17, 15) is 0 Å². The maximum absolute atomic E-state index is 5.90. The van der Waals surface area contributed by atoms with Gasteiger partial charge in [0.1, 0.15) is 0 Å². The Labute approximate surface area is 101 Å². The molecule has 0 fully saturated rings. The summed E-state index contributed by atoms with van der Waals surface area (Å²) >= 11 is 0. The second-order valence-corrected chi connectivity index (χ2v) is 4.43. The molecule has 2 aromatic rings. The lowest BCUT2D eigenvalue weighted by atomic mass is 9.97. The van der Waals surface area contributed by atoms with Crippen LogP contribution >= 0.6 is 0 Å². The number of aromatic nitrogens is 2. The van der Waals surface area contributed by atoms with E-state index in [0.29, 0.717) is 12.5 Å². The van der Waals surface area contributed by atoms with Gasteiger partial charge in [-0.05, 0) is 24.5 Å². The van der Waals surface area contributed by atoms with Gasteiger partial charge < -0.3 is 11.5 Å². The van der Waals surface area contributed by atoms with Gasteiger partial charge in [0.2, 0.25) is 0 Å². The van der Waals surface area contributed by atoms with Crippen molar-refractivity contribution >= 4 is 11.0 Å². The number of fused-ring (bicyclic) bond motifs is 1. The highest BCUT2D eigenvalue weighted by Crippen LogP contribution is 2.12. The molecule has 2 atom stereocenters. The van der Waals surface area contributed by atoms with Crippen LogP contribution in [-0.2, 0) is 6.42 Å². The molecule has 0 spiro atoms. The lowest BCUT2D eigenvalue weighted by molar-refractivity contribution is 0.455. The molecule has 4 N–H and O–H groups in total. The van der Waals surface area contributed by atoms with E-state index in [0.717, 1.165) is 23.1 Å². The van der Waals surface area contributed by atoms with Gasteiger partial charge >= 0.3 is 0 Å². The van der Waals surface area contributed by atoms with E-state index < -0.39 is 0 Å². The minimum absolute atomic E-state index is 0.0169. The largest absolute Gasteiger partial charge is 0.329 e. The van der Waals surface area contributed by atoms with Crippen molar-refractivity contribution in [2.45, 2.75) is 19.4 Å². The first kappa shape index (κ1) is 12.0. The van der Waals surface area contributed by atoms with Crippen molar-refractivity contribution in [1.29, 1.82) is 0 Å². The molecule has 1 aromatic carbocycles. The molecule has 2 unspecified atom stereocenters. The van der Waals surface area contributed by atoms with Crippen LogP contribution in [0.25, 0.3) is 11.0 Å². The van der Waals surface area contributed by atoms with Crippen molar-refractivity contribution in [3.05, 3.63) is 36.2 Å². The van der Waals surface area contributed by atoms with E-state index in [1.165, 1.54) is 0 Å². The monoisotopic (exact) mass is 230 g/mol. The zero-order valence-corrected chi connectivity index (χ0v) is 10.0. The molecule has 0 aliphatic carbocycles. The number of nitrogens with two attached hydrogens (primary N) is 2. The molecule has 0 saturated heterocycles. The highest BCUT2D eigenvalue weighted by atomic mass is 14.8. The Bertz CT molecular complexity index is 497. The first-order valence-corrected chi connectivity index (χ1v) is 5.87. The van der Waals surface area contributed by atoms with E-state index in [1.807, 2.05) is 30.5 Å². The number of rotatable bonds is 4. The van der Waals surface area contributed by atoms with Gasteiger partial charge in [0.05, 0.1) is 16.7 Å². The Morgan fingerprint density at radius 2 is 1.94 bits per heavy atom. The maximum atomic E-state index is 5.90. The van der Waals surface area contributed by atoms with Crippen LogP contribution in [0, 0.1) is 5.92 Å². The molecule has 1 heterocycles. The van der Waals surface area contributed by atoms with E-state index in [4.69, 9.17) is 11.5 Å². The summed E-state index contributed by atoms with van der Waals surface area (Å²) in [6, 6.07) is 7.88. The van der Waals surface area contributed by atoms with Gasteiger partial charge in [0.25, 0.3) is 0 Å². The summed E-state index contributed by atoms with van der Waals surface area (Å²) in [5.41, 5.74) is 14.3. The van der Waals surface area contributed by atoms with Gasteiger partial charge in [-0.25, -0.2) is 4.98 Å². The molecule has 2 rings (SSSR count). The van der Waals surface area contributed by atoms with Crippen molar-refractivity contribution in [2.75, 3.05) is 6.54 Å². The Morgan fingerprint density at radius 3 is 2.65 bits per heavy atom. The van der Waals surface area contributed by atoms with Crippen LogP contribution in [0.3, 0.4) is 0 Å². The second kappa shape index (κ2) is 5.21. The van der Waals surface area contributed by atoms with Crippen LogP contribution < -0.4 is 11.5 Å². The first-order chi connectivity index (χ1) is 8.20. The Hall–Kier alpha value is -1.52. The Balaban J connectivity index is 2.19. The molecular formula is C13H18N4. The van der Waals surface area contributed by atoms with Crippen molar-refractivity contribution in [1.82, 2.24) is 9.97 Å². The fourth-order valence-corrected chi connectivity index (χ4v) is 1.81. The maximum Gasteiger partial charge on any atom is 0.0890 e. The third-order valence-corrected chi connectivity index (χ3v) is 3.03. The van der Waals surface area contributed by atoms with Gasteiger partial charge in [0, 0.05) is 18.8 Å². The van der Waals surface area contributed by atoms with Crippen LogP contribution in [0.1, 0.15) is 12.6 Å². The molecule has 1 aromatic heterocycles. The normalized spacial score (nSPS) is 14.8. The summed E-state index contributed by atoms with van der Waals surface area (Å²) in [7, 11) is 0. The number of para-hydroxylation sites is 2. The van der Waals surface area contributed by atoms with Crippen LogP contribution in [0.15, 0.2) is 30.5 Å². The summed E-state index contributed by atoms with van der Waals surface area (Å²) in [6.07, 6.45) is 2.64. The minimum Gasteiger partial charge on any atom is -0.329 e. The van der Waals surface area contributed by atoms with Crippen molar-refractivity contribution < 1.29 is 0 Å². The van der Waals surface area contributed by atoms with E-state index in [-0.39, 0.29) is 6.04 Å². The molecular weight excluding hydrogens is 212 g/mol. The fraction of sp³-hybridized carbons (Fsp3) is 0.385. The molecule has 0 saturated carbocycles. The third kappa shape index (κ3) is 2.78. The minimum atomic E-state index is 0.0169. The van der Waals surface area contributed by atoms with Gasteiger partial charge in [-0.3, -0.25) is 4.98 Å². The lowest BCUT2D eigenvalue weighted by Crippen LogP contribution is -2.37. The van der Waals surface area contributed by atoms with Crippen LogP contribution in [0.2, 0.25) is 0 Å². The molecule has 4 heteroatoms. The van der Waals surface area contributed by atoms with Gasteiger partial charge in [-0.1, -0.05) is 19.1 Å². The summed E-state index contributed by atoms with van der Waals surface area (Å²) in [6.45, 7) is 2.59. The number of hydrogen-bond acceptors (Lipinski definition) is 4. The van der Waals surface area contributed by atoms with E-state index >= 15 is 0 Å². The Morgan fingerprint density at radius 1 is 1.24 bits per heavy atom. The lowest BCUT2D eigenvalue weighted by Gasteiger charge is -2.17. The number of benzene rings is 1. The third-order valence-electron chi connectivity index (χ3n) is 3.03. The van der Waals surface area contributed by atoms with Crippen molar-refractivity contribution in [3.8, 4) is 0 Å². The van der Waals surface area contributed by atoms with Gasteiger partial charge in [-0.2, -0.15) is 0 Å². The average molecular weight is 230 g/mol. The molecule has 0 aliphatic rings. The van der Waals surface area contributed by atoms with Crippen molar-refractivity contribution in [2.24, 2.45) is 17.4 Å². The highest BCUT2D eigenvalue weighted by molar-refractivity contribution is 5.73. The molecule has 0 amide bonds. The second-order valence-electron chi connectivity index (χ2n) is 4.43. The van der Waals surface area contributed by atoms with Gasteiger partial charge in [0.15, 0.2) is 0 Å². The molecule has 17 heavy (non-hydrogen) atoms. The van der Waals surface area contributed by atoms with Gasteiger partial charge in [-0.15, -0.1) is 0 Å². The highest BCUT2D eigenvalue weighted by Gasteiger charge is 2.12. The van der Waals surface area contributed by atoms with E-state index in [1.54, 1.807) is 0 Å². The molecule has 0 radical (unpaired) electrons. The van der Waals surface area contributed by atoms with Crippen LogP contribution in [0.5, 0.6) is 0 Å². The predicted octanol–water partition coefficient (Wildman–Crippen LogP) is 1.09. The predicted molar refractivity (Wildman–Crippen MR) is 69.4 cm³/mol. The summed E-state index contributed by atoms with van der Waals surface area (Å²) in [4.78, 5) is 8.96. The summed E-state index contributed by atoms with van der Waals surface area (Å²) in [5, 5.41) is 0. The molecule has 90 valence electrons. The first-order valence-electron chi connectivity index (χ1n) is 5.87. The standard InChI is InChI=1S/C13H18N4/c1-9(11(15)7-14)6-10-8-16-12-4-2-3-5-13(12)17-10/h2-5,8-9,11H,6-7,14-15H2,1H3. The van der Waals surface area contributed by atoms with E-state index in [2.05, 4.69) is 16.9 Å². The van der Waals surface area contributed by atoms with Crippen molar-refractivity contribution in [3.63, 3.8) is 0 Å². The SMILES string of the molecule is CC(Cc1cnc2ccccc2n1)C(N)CN. The molecule has 4 nitrogen and oxygen atoms in total. The number of hydrogen-bond donors (Lipinski definition) is 2. The zero-order chi connectivity index (χ0) is 12.3. The smallest absolute Gasteiger partial charge is 0.0890 e. The summed E-state index contributed by atoms with van der Waals surface area (Å²) < 4.78 is 0. The van der Waals surface area contributed by atoms with Crippen LogP contribution in [-0.4, -0.2) is 22.6 Å². The average Bonchev–Trinajstić information content (AvgIpc) is 2.37. The fourth-order valence-electron chi connectivity index (χ4n) is 1.81. The zero-order valence-electron chi connectivity index (χ0n) is 10.0. The number of nitrogens with zero attached hydrogens (tertiary/aromatic N) is 2. The summed E-state index contributed by atoms with van der Waals surface area (Å²) in [5.74, 6) is 0.315. The topological polar surface area (TPSA) is 77.8 Å². The van der Waals surface area contributed by atoms with Crippen LogP contribution in [0.4, 0.5) is 0 Å². The molecule has 0 aliphatic heterocycles.